The highest BCUT2D eigenvalue weighted by atomic mass is 16.5. The first kappa shape index (κ1) is 17.8. The van der Waals surface area contributed by atoms with Gasteiger partial charge in [-0.05, 0) is 39.0 Å². The minimum atomic E-state index is -0.0759. The Kier molecular flexibility index (Phi) is 4.60. The van der Waals surface area contributed by atoms with Crippen molar-refractivity contribution in [2.75, 3.05) is 0 Å². The zero-order valence-corrected chi connectivity index (χ0v) is 15.9. The molecular formula is C18H20N8O2. The molecule has 0 radical (unpaired) electrons. The van der Waals surface area contributed by atoms with Gasteiger partial charge in [0.05, 0.1) is 17.8 Å². The van der Waals surface area contributed by atoms with E-state index in [1.807, 2.05) is 42.9 Å². The number of nitrogens with zero attached hydrogens (tertiary/aromatic N) is 7. The van der Waals surface area contributed by atoms with E-state index >= 15 is 0 Å². The van der Waals surface area contributed by atoms with Gasteiger partial charge in [0.15, 0.2) is 17.3 Å². The van der Waals surface area contributed by atoms with Crippen LogP contribution in [0.3, 0.4) is 0 Å². The Morgan fingerprint density at radius 1 is 1.25 bits per heavy atom. The second kappa shape index (κ2) is 7.22. The van der Waals surface area contributed by atoms with Crippen LogP contribution in [0.4, 0.5) is 0 Å². The van der Waals surface area contributed by atoms with Crippen molar-refractivity contribution in [2.45, 2.75) is 40.3 Å². The molecule has 0 atom stereocenters. The van der Waals surface area contributed by atoms with Gasteiger partial charge in [0.2, 0.25) is 5.91 Å². The number of carbonyl (C=O) groups is 1. The summed E-state index contributed by atoms with van der Waals surface area (Å²) in [6.45, 7) is 6.47. The van der Waals surface area contributed by atoms with Crippen molar-refractivity contribution in [1.82, 2.24) is 39.8 Å². The van der Waals surface area contributed by atoms with Gasteiger partial charge >= 0.3 is 0 Å². The Bertz CT molecular complexity index is 1140. The number of amides is 1. The van der Waals surface area contributed by atoms with Gasteiger partial charge in [-0.25, -0.2) is 0 Å². The van der Waals surface area contributed by atoms with E-state index in [0.29, 0.717) is 41.7 Å². The lowest BCUT2D eigenvalue weighted by Gasteiger charge is -2.06. The van der Waals surface area contributed by atoms with E-state index < -0.39 is 0 Å². The fourth-order valence-corrected chi connectivity index (χ4v) is 3.03. The smallest absolute Gasteiger partial charge is 0.261 e. The van der Waals surface area contributed by atoms with Crippen molar-refractivity contribution < 1.29 is 9.32 Å². The summed E-state index contributed by atoms with van der Waals surface area (Å²) in [6.07, 6.45) is 2.17. The van der Waals surface area contributed by atoms with Crippen LogP contribution in [0.15, 0.2) is 28.9 Å². The van der Waals surface area contributed by atoms with E-state index in [4.69, 9.17) is 4.52 Å². The molecule has 4 heterocycles. The van der Waals surface area contributed by atoms with E-state index in [1.54, 1.807) is 11.3 Å². The van der Waals surface area contributed by atoms with Crippen LogP contribution in [0, 0.1) is 20.8 Å². The van der Waals surface area contributed by atoms with Gasteiger partial charge in [0.25, 0.3) is 5.89 Å². The molecule has 4 aromatic heterocycles. The molecule has 10 heteroatoms. The van der Waals surface area contributed by atoms with Crippen molar-refractivity contribution >= 4 is 11.6 Å². The molecule has 1 amide bonds. The maximum Gasteiger partial charge on any atom is 0.261 e. The molecule has 0 bridgehead atoms. The van der Waals surface area contributed by atoms with Crippen LogP contribution in [-0.2, 0) is 17.9 Å². The summed E-state index contributed by atoms with van der Waals surface area (Å²) in [5.41, 5.74) is 3.27. The Balaban J connectivity index is 1.44. The molecule has 0 aliphatic carbocycles. The monoisotopic (exact) mass is 380 g/mol. The molecule has 0 spiro atoms. The van der Waals surface area contributed by atoms with Crippen LogP contribution in [0.2, 0.25) is 0 Å². The summed E-state index contributed by atoms with van der Waals surface area (Å²) in [5, 5.41) is 19.5. The molecule has 0 aliphatic heterocycles. The predicted octanol–water partition coefficient (Wildman–Crippen LogP) is 1.61. The molecule has 144 valence electrons. The maximum absolute atomic E-state index is 12.2. The number of hydrogen-bond donors (Lipinski definition) is 1. The van der Waals surface area contributed by atoms with Gasteiger partial charge in [-0.3, -0.25) is 13.9 Å². The topological polar surface area (TPSA) is 116 Å². The molecule has 0 unspecified atom stereocenters. The summed E-state index contributed by atoms with van der Waals surface area (Å²) in [4.78, 5) is 16.5. The fraction of sp³-hybridized carbons (Fsp3) is 0.333. The van der Waals surface area contributed by atoms with Gasteiger partial charge < -0.3 is 9.84 Å². The SMILES string of the molecule is Cc1cc(C)n(CCC(=O)NCc2nnc3c(-c4nc(C)no4)cccn23)n1. The Labute approximate surface area is 160 Å². The number of nitrogens with one attached hydrogen (secondary N) is 1. The first-order chi connectivity index (χ1) is 13.5. The zero-order valence-electron chi connectivity index (χ0n) is 15.9. The van der Waals surface area contributed by atoms with E-state index in [0.717, 1.165) is 11.4 Å². The minimum absolute atomic E-state index is 0.0759. The second-order valence-electron chi connectivity index (χ2n) is 6.56. The quantitative estimate of drug-likeness (QED) is 0.540. The molecule has 4 aromatic rings. The lowest BCUT2D eigenvalue weighted by atomic mass is 10.2. The van der Waals surface area contributed by atoms with Gasteiger partial charge in [-0.2, -0.15) is 10.1 Å². The number of pyridine rings is 1. The van der Waals surface area contributed by atoms with Gasteiger partial charge in [-0.1, -0.05) is 5.16 Å². The molecule has 1 N–H and O–H groups in total. The van der Waals surface area contributed by atoms with E-state index in [-0.39, 0.29) is 12.5 Å². The standard InChI is InChI=1S/C18H20N8O2/c1-11-9-12(2)26(23-11)8-6-16(27)19-10-15-21-22-17-14(5-4-7-25(15)17)18-20-13(3)24-28-18/h4-5,7,9H,6,8,10H2,1-3H3,(H,19,27). The molecule has 28 heavy (non-hydrogen) atoms. The number of fused-ring (bicyclic) bond motifs is 1. The van der Waals surface area contributed by atoms with Crippen molar-refractivity contribution in [3.8, 4) is 11.5 Å². The minimum Gasteiger partial charge on any atom is -0.349 e. The molecular weight excluding hydrogens is 360 g/mol. The van der Waals surface area contributed by atoms with Crippen LogP contribution >= 0.6 is 0 Å². The van der Waals surface area contributed by atoms with Gasteiger partial charge in [-0.15, -0.1) is 10.2 Å². The first-order valence-electron chi connectivity index (χ1n) is 8.92. The predicted molar refractivity (Wildman–Crippen MR) is 99.2 cm³/mol. The third kappa shape index (κ3) is 3.48. The van der Waals surface area contributed by atoms with Gasteiger partial charge in [0.1, 0.15) is 0 Å². The molecule has 0 saturated heterocycles. The number of aromatic nitrogens is 7. The van der Waals surface area contributed by atoms with Crippen LogP contribution < -0.4 is 5.32 Å². The largest absolute Gasteiger partial charge is 0.349 e. The number of hydrogen-bond acceptors (Lipinski definition) is 7. The van der Waals surface area contributed by atoms with E-state index in [2.05, 4.69) is 30.8 Å². The van der Waals surface area contributed by atoms with Crippen molar-refractivity contribution in [2.24, 2.45) is 0 Å². The summed E-state index contributed by atoms with van der Waals surface area (Å²) < 4.78 is 8.87. The van der Waals surface area contributed by atoms with Crippen LogP contribution in [0.25, 0.3) is 17.1 Å². The first-order valence-corrected chi connectivity index (χ1v) is 8.92. The molecule has 10 nitrogen and oxygen atoms in total. The summed E-state index contributed by atoms with van der Waals surface area (Å²) in [5.74, 6) is 1.48. The summed E-state index contributed by atoms with van der Waals surface area (Å²) in [6, 6.07) is 5.68. The Hall–Kier alpha value is -3.56. The molecule has 0 aromatic carbocycles. The Morgan fingerprint density at radius 3 is 2.82 bits per heavy atom. The number of rotatable bonds is 6. The van der Waals surface area contributed by atoms with Crippen molar-refractivity contribution in [3.63, 3.8) is 0 Å². The van der Waals surface area contributed by atoms with Crippen LogP contribution in [-0.4, -0.2) is 40.4 Å². The summed E-state index contributed by atoms with van der Waals surface area (Å²) >= 11 is 0. The average molecular weight is 380 g/mol. The Morgan fingerprint density at radius 2 is 2.11 bits per heavy atom. The molecule has 4 rings (SSSR count). The normalized spacial score (nSPS) is 11.2. The van der Waals surface area contributed by atoms with E-state index in [9.17, 15) is 4.79 Å². The molecule has 0 saturated carbocycles. The highest BCUT2D eigenvalue weighted by Crippen LogP contribution is 2.22. The lowest BCUT2D eigenvalue weighted by molar-refractivity contribution is -0.121. The third-order valence-electron chi connectivity index (χ3n) is 4.36. The highest BCUT2D eigenvalue weighted by molar-refractivity contribution is 5.76. The average Bonchev–Trinajstić information content (AvgIpc) is 3.36. The highest BCUT2D eigenvalue weighted by Gasteiger charge is 2.15. The maximum atomic E-state index is 12.2. The number of carbonyl (C=O) groups excluding carboxylic acids is 1. The van der Waals surface area contributed by atoms with Gasteiger partial charge in [0, 0.05) is 24.9 Å². The molecule has 0 fully saturated rings. The molecule has 0 aliphatic rings. The van der Waals surface area contributed by atoms with Crippen LogP contribution in [0.5, 0.6) is 0 Å². The van der Waals surface area contributed by atoms with Crippen molar-refractivity contribution in [3.05, 3.63) is 47.4 Å². The van der Waals surface area contributed by atoms with Crippen LogP contribution in [0.1, 0.15) is 29.5 Å². The number of aryl methyl sites for hydroxylation is 4. The lowest BCUT2D eigenvalue weighted by Crippen LogP contribution is -2.25. The van der Waals surface area contributed by atoms with Crippen molar-refractivity contribution in [1.29, 1.82) is 0 Å². The van der Waals surface area contributed by atoms with E-state index in [1.165, 1.54) is 0 Å². The fourth-order valence-electron chi connectivity index (χ4n) is 3.03. The zero-order chi connectivity index (χ0) is 19.7. The third-order valence-corrected chi connectivity index (χ3v) is 4.36. The summed E-state index contributed by atoms with van der Waals surface area (Å²) in [7, 11) is 0. The second-order valence-corrected chi connectivity index (χ2v) is 6.56.